The Morgan fingerprint density at radius 1 is 0.756 bits per heavy atom. The van der Waals surface area contributed by atoms with Gasteiger partial charge in [0.1, 0.15) is 0 Å². The van der Waals surface area contributed by atoms with Crippen molar-refractivity contribution in [3.63, 3.8) is 0 Å². The Kier molecular flexibility index (Phi) is 9.24. The largest absolute Gasteiger partial charge is 0.416 e. The molecule has 0 aliphatic rings. The summed E-state index contributed by atoms with van der Waals surface area (Å²) in [5, 5.41) is 0. The van der Waals surface area contributed by atoms with Gasteiger partial charge in [0.25, 0.3) is 5.91 Å². The average Bonchev–Trinajstić information content (AvgIpc) is 2.95. The van der Waals surface area contributed by atoms with Gasteiger partial charge < -0.3 is 0 Å². The van der Waals surface area contributed by atoms with Crippen molar-refractivity contribution >= 4 is 33.2 Å². The van der Waals surface area contributed by atoms with Gasteiger partial charge in [-0.25, -0.2) is 13.1 Å². The third-order valence-corrected chi connectivity index (χ3v) is 7.59. The van der Waals surface area contributed by atoms with Crippen LogP contribution in [0.2, 0.25) is 0 Å². The Balaban J connectivity index is 1.50. The molecule has 4 aromatic carbocycles. The first kappa shape index (κ1) is 29.6. The Morgan fingerprint density at radius 3 is 1.83 bits per heavy atom. The number of rotatable bonds is 9. The van der Waals surface area contributed by atoms with Crippen molar-refractivity contribution in [2.45, 2.75) is 25.3 Å². The molecule has 0 radical (unpaired) electrons. The molecule has 0 fully saturated rings. The van der Waals surface area contributed by atoms with Crippen LogP contribution in [0.4, 0.5) is 13.2 Å². The Labute approximate surface area is 237 Å². The van der Waals surface area contributed by atoms with Gasteiger partial charge in [0.2, 0.25) is 10.0 Å². The summed E-state index contributed by atoms with van der Waals surface area (Å²) in [5.41, 5.74) is 5.43. The van der Waals surface area contributed by atoms with E-state index in [0.717, 1.165) is 59.0 Å². The number of carbonyl (C=O) groups is 1. The summed E-state index contributed by atoms with van der Waals surface area (Å²) in [6.07, 6.45) is -1.10. The van der Waals surface area contributed by atoms with E-state index >= 15 is 0 Å². The first-order valence-corrected chi connectivity index (χ1v) is 14.5. The lowest BCUT2D eigenvalue weighted by Crippen LogP contribution is -2.30. The molecule has 0 aliphatic heterocycles. The van der Waals surface area contributed by atoms with Crippen LogP contribution in [-0.4, -0.2) is 14.3 Å². The first-order valence-electron chi connectivity index (χ1n) is 12.9. The molecule has 210 valence electrons. The number of alkyl halides is 3. The van der Waals surface area contributed by atoms with Gasteiger partial charge in [0, 0.05) is 6.08 Å². The van der Waals surface area contributed by atoms with E-state index in [9.17, 15) is 26.4 Å². The van der Waals surface area contributed by atoms with E-state index in [1.165, 1.54) is 11.6 Å². The van der Waals surface area contributed by atoms with Gasteiger partial charge in [0.15, 0.2) is 0 Å². The fourth-order valence-corrected chi connectivity index (χ4v) is 5.53. The molecule has 8 heteroatoms. The third kappa shape index (κ3) is 8.05. The van der Waals surface area contributed by atoms with Crippen LogP contribution < -0.4 is 4.72 Å². The molecule has 1 amide bonds. The highest BCUT2D eigenvalue weighted by Gasteiger charge is 2.30. The highest BCUT2D eigenvalue weighted by atomic mass is 32.2. The second-order valence-corrected chi connectivity index (χ2v) is 11.0. The van der Waals surface area contributed by atoms with E-state index in [-0.39, 0.29) is 5.56 Å². The number of amides is 1. The van der Waals surface area contributed by atoms with Crippen molar-refractivity contribution in [3.05, 3.63) is 149 Å². The van der Waals surface area contributed by atoms with Crippen LogP contribution in [0.3, 0.4) is 0 Å². The fraction of sp³-hybridized carbons (Fsp3) is 0.121. The maximum absolute atomic E-state index is 12.7. The van der Waals surface area contributed by atoms with E-state index in [1.54, 1.807) is 0 Å². The van der Waals surface area contributed by atoms with E-state index in [4.69, 9.17) is 0 Å². The Hall–Kier alpha value is -4.43. The van der Waals surface area contributed by atoms with Gasteiger partial charge in [-0.1, -0.05) is 104 Å². The van der Waals surface area contributed by atoms with Crippen molar-refractivity contribution in [1.82, 2.24) is 4.72 Å². The molecular formula is C33H28F3NO3S. The number of nitrogens with one attached hydrogen (secondary N) is 1. The summed E-state index contributed by atoms with van der Waals surface area (Å²) in [6.45, 7) is 2.12. The maximum Gasteiger partial charge on any atom is 0.416 e. The summed E-state index contributed by atoms with van der Waals surface area (Å²) in [6, 6.07) is 31.6. The van der Waals surface area contributed by atoms with Crippen LogP contribution in [0.5, 0.6) is 0 Å². The number of carbonyl (C=O) groups excluding carboxylic acids is 1. The standard InChI is InChI=1S/C33H28F3NO3S/c1-2-30(26-9-5-3-6-10-26)32(27-11-7-4-8-12-27)28-18-13-24(14-19-28)17-22-31(38)37-41(39,40)23-25-15-20-29(21-16-25)33(34,35)36/h3-22H,2,23H2,1H3,(H,37,38). The second-order valence-electron chi connectivity index (χ2n) is 9.31. The van der Waals surface area contributed by atoms with Crippen molar-refractivity contribution in [3.8, 4) is 0 Å². The molecule has 0 heterocycles. The predicted octanol–water partition coefficient (Wildman–Crippen LogP) is 7.73. The molecule has 0 aliphatic carbocycles. The van der Waals surface area contributed by atoms with Crippen LogP contribution >= 0.6 is 0 Å². The van der Waals surface area contributed by atoms with Gasteiger partial charge in [0.05, 0.1) is 11.3 Å². The Bertz CT molecular complexity index is 1640. The zero-order valence-corrected chi connectivity index (χ0v) is 23.0. The zero-order chi connectivity index (χ0) is 29.5. The molecule has 41 heavy (non-hydrogen) atoms. The number of hydrogen-bond donors (Lipinski definition) is 1. The number of hydrogen-bond acceptors (Lipinski definition) is 3. The number of halogens is 3. The van der Waals surface area contributed by atoms with Gasteiger partial charge >= 0.3 is 6.18 Å². The minimum absolute atomic E-state index is 0.127. The molecule has 1 N–H and O–H groups in total. The topological polar surface area (TPSA) is 63.2 Å². The van der Waals surface area contributed by atoms with Gasteiger partial charge in [-0.05, 0) is 63.6 Å². The minimum Gasteiger partial charge on any atom is -0.269 e. The second kappa shape index (κ2) is 12.8. The predicted molar refractivity (Wildman–Crippen MR) is 157 cm³/mol. The molecule has 0 bridgehead atoms. The molecule has 0 atom stereocenters. The van der Waals surface area contributed by atoms with Crippen molar-refractivity contribution in [1.29, 1.82) is 0 Å². The highest BCUT2D eigenvalue weighted by Crippen LogP contribution is 2.34. The van der Waals surface area contributed by atoms with Crippen LogP contribution in [0, 0.1) is 0 Å². The lowest BCUT2D eigenvalue weighted by atomic mass is 9.88. The van der Waals surface area contributed by atoms with Crippen LogP contribution in [0.15, 0.2) is 115 Å². The molecule has 0 saturated carbocycles. The van der Waals surface area contributed by atoms with Crippen molar-refractivity contribution < 1.29 is 26.4 Å². The van der Waals surface area contributed by atoms with Crippen LogP contribution in [0.25, 0.3) is 17.2 Å². The smallest absolute Gasteiger partial charge is 0.269 e. The van der Waals surface area contributed by atoms with E-state index < -0.39 is 33.4 Å². The molecule has 0 spiro atoms. The maximum atomic E-state index is 12.7. The average molecular weight is 576 g/mol. The zero-order valence-electron chi connectivity index (χ0n) is 22.2. The molecular weight excluding hydrogens is 547 g/mol. The summed E-state index contributed by atoms with van der Waals surface area (Å²) >= 11 is 0. The van der Waals surface area contributed by atoms with E-state index in [1.807, 2.05) is 65.4 Å². The molecule has 0 unspecified atom stereocenters. The van der Waals surface area contributed by atoms with Crippen molar-refractivity contribution in [2.24, 2.45) is 0 Å². The summed E-state index contributed by atoms with van der Waals surface area (Å²) in [5.74, 6) is -1.49. The van der Waals surface area contributed by atoms with Gasteiger partial charge in [-0.2, -0.15) is 13.2 Å². The SMILES string of the molecule is CCC(=C(c1ccccc1)c1ccc(C=CC(=O)NS(=O)(=O)Cc2ccc(C(F)(F)F)cc2)cc1)c1ccccc1. The minimum atomic E-state index is -4.52. The molecule has 4 aromatic rings. The van der Waals surface area contributed by atoms with Crippen LogP contribution in [0.1, 0.15) is 46.7 Å². The quantitative estimate of drug-likeness (QED) is 0.164. The fourth-order valence-electron chi connectivity index (χ4n) is 4.45. The highest BCUT2D eigenvalue weighted by molar-refractivity contribution is 7.89. The molecule has 0 saturated heterocycles. The normalized spacial score (nSPS) is 12.7. The lowest BCUT2D eigenvalue weighted by Gasteiger charge is -2.16. The first-order chi connectivity index (χ1) is 19.6. The summed E-state index contributed by atoms with van der Waals surface area (Å²) in [7, 11) is -4.11. The lowest BCUT2D eigenvalue weighted by molar-refractivity contribution is -0.137. The molecule has 4 rings (SSSR count). The van der Waals surface area contributed by atoms with Crippen LogP contribution in [-0.2, 0) is 26.7 Å². The van der Waals surface area contributed by atoms with Gasteiger partial charge in [-0.15, -0.1) is 0 Å². The molecule has 0 aromatic heterocycles. The molecule has 4 nitrogen and oxygen atoms in total. The monoisotopic (exact) mass is 575 g/mol. The number of benzene rings is 4. The number of sulfonamides is 1. The Morgan fingerprint density at radius 2 is 1.29 bits per heavy atom. The summed E-state index contributed by atoms with van der Waals surface area (Å²) < 4.78 is 64.9. The van der Waals surface area contributed by atoms with Crippen molar-refractivity contribution in [2.75, 3.05) is 0 Å². The van der Waals surface area contributed by atoms with E-state index in [0.29, 0.717) is 5.56 Å². The number of allylic oxidation sites excluding steroid dienone is 1. The third-order valence-electron chi connectivity index (χ3n) is 6.36. The van der Waals surface area contributed by atoms with Gasteiger partial charge in [-0.3, -0.25) is 4.79 Å². The summed E-state index contributed by atoms with van der Waals surface area (Å²) in [4.78, 5) is 12.3. The van der Waals surface area contributed by atoms with E-state index in [2.05, 4.69) is 31.2 Å².